The Morgan fingerprint density at radius 2 is 1.83 bits per heavy atom. The van der Waals surface area contributed by atoms with Crippen LogP contribution in [0.25, 0.3) is 6.08 Å². The van der Waals surface area contributed by atoms with E-state index in [1.165, 1.54) is 0 Å². The minimum Gasteiger partial charge on any atom is -0.497 e. The average molecular weight is 320 g/mol. The molecule has 0 aromatic heterocycles. The first-order chi connectivity index (χ1) is 11.7. The van der Waals surface area contributed by atoms with E-state index < -0.39 is 0 Å². The minimum absolute atomic E-state index is 0.275. The van der Waals surface area contributed by atoms with E-state index in [-0.39, 0.29) is 5.91 Å². The van der Waals surface area contributed by atoms with Gasteiger partial charge < -0.3 is 4.74 Å². The number of benzene rings is 2. The highest BCUT2D eigenvalue weighted by molar-refractivity contribution is 6.13. The summed E-state index contributed by atoms with van der Waals surface area (Å²) in [5.41, 5.74) is 4.85. The van der Waals surface area contributed by atoms with E-state index in [0.717, 1.165) is 16.9 Å². The number of hydrazone groups is 1. The Balaban J connectivity index is 1.68. The predicted molar refractivity (Wildman–Crippen MR) is 93.7 cm³/mol. The molecule has 0 saturated carbocycles. The zero-order valence-electron chi connectivity index (χ0n) is 13.1. The third-order valence-electron chi connectivity index (χ3n) is 3.30. The molecule has 0 fully saturated rings. The fraction of sp³-hybridized carbons (Fsp3) is 0.0556. The first kappa shape index (κ1) is 15.5. The molecule has 0 radical (unpaired) electrons. The lowest BCUT2D eigenvalue weighted by Gasteiger charge is -1.99. The summed E-state index contributed by atoms with van der Waals surface area (Å²) in [6.45, 7) is 0. The molecule has 0 bridgehead atoms. The van der Waals surface area contributed by atoms with Crippen molar-refractivity contribution in [2.45, 2.75) is 0 Å². The maximum atomic E-state index is 11.9. The van der Waals surface area contributed by atoms with E-state index in [9.17, 15) is 4.79 Å². The average Bonchev–Trinajstić information content (AvgIpc) is 2.96. The van der Waals surface area contributed by atoms with Gasteiger partial charge >= 0.3 is 0 Å². The van der Waals surface area contributed by atoms with Crippen molar-refractivity contribution in [1.82, 2.24) is 10.7 Å². The van der Waals surface area contributed by atoms with E-state index in [2.05, 4.69) is 20.8 Å². The fourth-order valence-electron chi connectivity index (χ4n) is 2.09. The van der Waals surface area contributed by atoms with Gasteiger partial charge in [0.25, 0.3) is 5.91 Å². The summed E-state index contributed by atoms with van der Waals surface area (Å²) in [7, 11) is 1.61. The molecule has 0 unspecified atom stereocenters. The number of carbonyl (C=O) groups is 1. The first-order valence-corrected chi connectivity index (χ1v) is 7.34. The number of methoxy groups -OCH3 is 1. The van der Waals surface area contributed by atoms with Crippen LogP contribution in [0.4, 0.5) is 0 Å². The number of aliphatic imine (C=N–C) groups is 1. The van der Waals surface area contributed by atoms with Crippen molar-refractivity contribution in [3.63, 3.8) is 0 Å². The Labute approximate surface area is 139 Å². The topological polar surface area (TPSA) is 75.1 Å². The monoisotopic (exact) mass is 320 g/mol. The van der Waals surface area contributed by atoms with Gasteiger partial charge in [-0.05, 0) is 29.3 Å². The number of hydrogen-bond acceptors (Lipinski definition) is 5. The van der Waals surface area contributed by atoms with Crippen molar-refractivity contribution < 1.29 is 9.53 Å². The number of ether oxygens (including phenoxy) is 1. The zero-order chi connectivity index (χ0) is 16.8. The summed E-state index contributed by atoms with van der Waals surface area (Å²) in [5, 5.41) is 6.68. The number of amides is 1. The number of guanidine groups is 1. The SMILES string of the molecule is COc1ccc(/C=C2\N=C(N/N=C/c3ccccc3)NC2=O)cc1. The second-order valence-electron chi connectivity index (χ2n) is 5.00. The van der Waals surface area contributed by atoms with Crippen LogP contribution in [0.5, 0.6) is 5.75 Å². The van der Waals surface area contributed by atoms with Gasteiger partial charge in [-0.15, -0.1) is 0 Å². The number of nitrogens with zero attached hydrogens (tertiary/aromatic N) is 2. The van der Waals surface area contributed by atoms with Gasteiger partial charge in [0.15, 0.2) is 0 Å². The summed E-state index contributed by atoms with van der Waals surface area (Å²) in [6, 6.07) is 17.0. The van der Waals surface area contributed by atoms with Crippen molar-refractivity contribution in [2.24, 2.45) is 10.1 Å². The lowest BCUT2D eigenvalue weighted by molar-refractivity contribution is -0.115. The Morgan fingerprint density at radius 1 is 1.08 bits per heavy atom. The largest absolute Gasteiger partial charge is 0.497 e. The summed E-state index contributed by atoms with van der Waals surface area (Å²) in [4.78, 5) is 16.1. The highest BCUT2D eigenvalue weighted by Gasteiger charge is 2.19. The summed E-state index contributed by atoms with van der Waals surface area (Å²) < 4.78 is 5.10. The zero-order valence-corrected chi connectivity index (χ0v) is 13.1. The summed E-state index contributed by atoms with van der Waals surface area (Å²) >= 11 is 0. The molecular weight excluding hydrogens is 304 g/mol. The molecule has 2 N–H and O–H groups in total. The van der Waals surface area contributed by atoms with Gasteiger partial charge in [0, 0.05) is 0 Å². The predicted octanol–water partition coefficient (Wildman–Crippen LogP) is 2.15. The van der Waals surface area contributed by atoms with Gasteiger partial charge in [0.2, 0.25) is 5.96 Å². The van der Waals surface area contributed by atoms with E-state index in [1.807, 2.05) is 54.6 Å². The third kappa shape index (κ3) is 3.86. The molecule has 1 aliphatic rings. The molecule has 0 spiro atoms. The van der Waals surface area contributed by atoms with E-state index >= 15 is 0 Å². The third-order valence-corrected chi connectivity index (χ3v) is 3.30. The molecule has 0 aliphatic carbocycles. The molecule has 0 atom stereocenters. The van der Waals surface area contributed by atoms with Crippen LogP contribution in [-0.2, 0) is 4.79 Å². The van der Waals surface area contributed by atoms with Gasteiger partial charge in [-0.3, -0.25) is 10.1 Å². The van der Waals surface area contributed by atoms with Gasteiger partial charge in [-0.1, -0.05) is 42.5 Å². The maximum Gasteiger partial charge on any atom is 0.276 e. The van der Waals surface area contributed by atoms with Crippen molar-refractivity contribution >= 4 is 24.2 Å². The van der Waals surface area contributed by atoms with Gasteiger partial charge in [-0.2, -0.15) is 5.10 Å². The lowest BCUT2D eigenvalue weighted by atomic mass is 10.2. The molecule has 24 heavy (non-hydrogen) atoms. The number of hydrogen-bond donors (Lipinski definition) is 2. The van der Waals surface area contributed by atoms with Crippen LogP contribution < -0.4 is 15.5 Å². The Bertz CT molecular complexity index is 809. The fourth-order valence-corrected chi connectivity index (χ4v) is 2.09. The normalized spacial score (nSPS) is 15.5. The van der Waals surface area contributed by atoms with E-state index in [1.54, 1.807) is 19.4 Å². The molecule has 1 amide bonds. The summed E-state index contributed by atoms with van der Waals surface area (Å²) in [5.74, 6) is 0.782. The second kappa shape index (κ2) is 7.23. The standard InChI is InChI=1S/C18H16N4O2/c1-24-15-9-7-13(8-10-15)11-16-17(23)21-18(20-16)22-19-12-14-5-3-2-4-6-14/h2-12H,1H3,(H2,20,21,22,23)/b16-11-,19-12+. The van der Waals surface area contributed by atoms with Crippen LogP contribution in [0, 0.1) is 0 Å². The quantitative estimate of drug-likeness (QED) is 0.515. The molecule has 0 saturated heterocycles. The van der Waals surface area contributed by atoms with Crippen molar-refractivity contribution in [3.05, 3.63) is 71.4 Å². The van der Waals surface area contributed by atoms with Gasteiger partial charge in [0.05, 0.1) is 13.3 Å². The Hall–Kier alpha value is -3.41. The van der Waals surface area contributed by atoms with E-state index in [0.29, 0.717) is 11.7 Å². The molecule has 2 aromatic carbocycles. The Kier molecular flexibility index (Phi) is 4.67. The molecule has 6 heteroatoms. The molecule has 1 heterocycles. The van der Waals surface area contributed by atoms with Crippen molar-refractivity contribution in [3.8, 4) is 5.75 Å². The van der Waals surface area contributed by atoms with Gasteiger partial charge in [0.1, 0.15) is 11.4 Å². The number of nitrogens with one attached hydrogen (secondary N) is 2. The minimum atomic E-state index is -0.275. The molecule has 1 aliphatic heterocycles. The second-order valence-corrected chi connectivity index (χ2v) is 5.00. The molecular formula is C18H16N4O2. The molecule has 2 aromatic rings. The highest BCUT2D eigenvalue weighted by Crippen LogP contribution is 2.15. The van der Waals surface area contributed by atoms with Crippen LogP contribution in [-0.4, -0.2) is 25.2 Å². The smallest absolute Gasteiger partial charge is 0.276 e. The van der Waals surface area contributed by atoms with Crippen LogP contribution in [0.2, 0.25) is 0 Å². The van der Waals surface area contributed by atoms with Crippen LogP contribution in [0.1, 0.15) is 11.1 Å². The lowest BCUT2D eigenvalue weighted by Crippen LogP contribution is -2.33. The number of carbonyl (C=O) groups excluding carboxylic acids is 1. The van der Waals surface area contributed by atoms with Crippen LogP contribution in [0.15, 0.2) is 70.4 Å². The highest BCUT2D eigenvalue weighted by atomic mass is 16.5. The van der Waals surface area contributed by atoms with Gasteiger partial charge in [-0.25, -0.2) is 10.4 Å². The molecule has 3 rings (SSSR count). The summed E-state index contributed by atoms with van der Waals surface area (Å²) in [6.07, 6.45) is 3.35. The van der Waals surface area contributed by atoms with Crippen LogP contribution >= 0.6 is 0 Å². The van der Waals surface area contributed by atoms with E-state index in [4.69, 9.17) is 4.74 Å². The maximum absolute atomic E-state index is 11.9. The van der Waals surface area contributed by atoms with Crippen molar-refractivity contribution in [1.29, 1.82) is 0 Å². The first-order valence-electron chi connectivity index (χ1n) is 7.34. The molecule has 120 valence electrons. The number of rotatable bonds is 4. The van der Waals surface area contributed by atoms with Crippen molar-refractivity contribution in [2.75, 3.05) is 7.11 Å². The molecule has 6 nitrogen and oxygen atoms in total. The Morgan fingerprint density at radius 3 is 2.54 bits per heavy atom. The van der Waals surface area contributed by atoms with Crippen LogP contribution in [0.3, 0.4) is 0 Å².